The number of halogens is 1. The molecular weight excluding hydrogens is 322 g/mol. The Morgan fingerprint density at radius 1 is 1.45 bits per heavy atom. The molecule has 112 valence electrons. The van der Waals surface area contributed by atoms with Gasteiger partial charge in [-0.05, 0) is 58.2 Å². The second kappa shape index (κ2) is 7.09. The highest BCUT2D eigenvalue weighted by atomic mass is 79.9. The summed E-state index contributed by atoms with van der Waals surface area (Å²) in [6, 6.07) is 5.68. The van der Waals surface area contributed by atoms with Crippen molar-refractivity contribution in [3.05, 3.63) is 28.2 Å². The van der Waals surface area contributed by atoms with Gasteiger partial charge in [-0.3, -0.25) is 5.32 Å². The van der Waals surface area contributed by atoms with Crippen LogP contribution in [0.1, 0.15) is 39.7 Å². The van der Waals surface area contributed by atoms with E-state index in [1.165, 1.54) is 0 Å². The van der Waals surface area contributed by atoms with E-state index in [2.05, 4.69) is 21.2 Å². The van der Waals surface area contributed by atoms with Crippen LogP contribution >= 0.6 is 15.9 Å². The van der Waals surface area contributed by atoms with Crippen LogP contribution in [0.5, 0.6) is 0 Å². The summed E-state index contributed by atoms with van der Waals surface area (Å²) in [6.45, 7) is 7.21. The summed E-state index contributed by atoms with van der Waals surface area (Å²) < 4.78 is 6.13. The number of hydrogen-bond acceptors (Lipinski definition) is 3. The van der Waals surface area contributed by atoms with Gasteiger partial charge in [-0.1, -0.05) is 22.0 Å². The van der Waals surface area contributed by atoms with Crippen molar-refractivity contribution in [3.8, 4) is 0 Å². The standard InChI is InChI=1S/C15H22BrNO3/c1-10(18)5-6-11-7-8-12(16)9-13(11)17-14(19)20-15(2,3)4/h7-10,18H,5-6H2,1-4H3,(H,17,19). The average Bonchev–Trinajstić information content (AvgIpc) is 2.24. The molecule has 20 heavy (non-hydrogen) atoms. The van der Waals surface area contributed by atoms with E-state index in [1.807, 2.05) is 39.0 Å². The van der Waals surface area contributed by atoms with Crippen molar-refractivity contribution in [1.29, 1.82) is 0 Å². The molecule has 1 aromatic rings. The van der Waals surface area contributed by atoms with Gasteiger partial charge in [0.15, 0.2) is 0 Å². The number of aliphatic hydroxyl groups is 1. The van der Waals surface area contributed by atoms with Crippen LogP contribution in [0.3, 0.4) is 0 Å². The number of carbonyl (C=O) groups is 1. The van der Waals surface area contributed by atoms with Crippen molar-refractivity contribution in [2.45, 2.75) is 52.2 Å². The maximum absolute atomic E-state index is 11.8. The Morgan fingerprint density at radius 3 is 2.65 bits per heavy atom. The van der Waals surface area contributed by atoms with Crippen LogP contribution in [-0.4, -0.2) is 22.9 Å². The molecule has 5 heteroatoms. The molecule has 0 aliphatic rings. The van der Waals surface area contributed by atoms with E-state index in [-0.39, 0.29) is 6.10 Å². The van der Waals surface area contributed by atoms with Gasteiger partial charge in [0.05, 0.1) is 6.10 Å². The van der Waals surface area contributed by atoms with E-state index in [1.54, 1.807) is 6.92 Å². The van der Waals surface area contributed by atoms with Crippen molar-refractivity contribution in [1.82, 2.24) is 0 Å². The Labute approximate surface area is 128 Å². The highest BCUT2D eigenvalue weighted by Crippen LogP contribution is 2.24. The van der Waals surface area contributed by atoms with Crippen LogP contribution in [0.2, 0.25) is 0 Å². The van der Waals surface area contributed by atoms with Gasteiger partial charge in [0.1, 0.15) is 5.60 Å². The van der Waals surface area contributed by atoms with Crippen molar-refractivity contribution < 1.29 is 14.6 Å². The lowest BCUT2D eigenvalue weighted by molar-refractivity contribution is 0.0636. The minimum Gasteiger partial charge on any atom is -0.444 e. The van der Waals surface area contributed by atoms with E-state index >= 15 is 0 Å². The van der Waals surface area contributed by atoms with Gasteiger partial charge >= 0.3 is 6.09 Å². The molecule has 0 saturated carbocycles. The van der Waals surface area contributed by atoms with Gasteiger partial charge < -0.3 is 9.84 Å². The van der Waals surface area contributed by atoms with Gasteiger partial charge in [-0.2, -0.15) is 0 Å². The van der Waals surface area contributed by atoms with E-state index in [9.17, 15) is 9.90 Å². The van der Waals surface area contributed by atoms with Gasteiger partial charge in [0, 0.05) is 10.2 Å². The molecule has 0 aromatic heterocycles. The molecule has 1 atom stereocenters. The first-order valence-electron chi connectivity index (χ1n) is 6.64. The molecule has 1 amide bonds. The summed E-state index contributed by atoms with van der Waals surface area (Å²) >= 11 is 3.39. The molecule has 0 radical (unpaired) electrons. The summed E-state index contributed by atoms with van der Waals surface area (Å²) in [5.74, 6) is 0. The number of carbonyl (C=O) groups excluding carboxylic acids is 1. The maximum Gasteiger partial charge on any atom is 0.412 e. The third-order valence-corrected chi connectivity index (χ3v) is 3.03. The van der Waals surface area contributed by atoms with Crippen molar-refractivity contribution in [2.24, 2.45) is 0 Å². The summed E-state index contributed by atoms with van der Waals surface area (Å²) in [7, 11) is 0. The SMILES string of the molecule is CC(O)CCc1ccc(Br)cc1NC(=O)OC(C)(C)C. The summed E-state index contributed by atoms with van der Waals surface area (Å²) in [4.78, 5) is 11.8. The first kappa shape index (κ1) is 17.0. The Kier molecular flexibility index (Phi) is 6.02. The zero-order chi connectivity index (χ0) is 15.3. The maximum atomic E-state index is 11.8. The molecule has 0 heterocycles. The number of rotatable bonds is 4. The van der Waals surface area contributed by atoms with Crippen molar-refractivity contribution in [3.63, 3.8) is 0 Å². The topological polar surface area (TPSA) is 58.6 Å². The predicted octanol–water partition coefficient (Wildman–Crippen LogP) is 4.11. The fourth-order valence-electron chi connectivity index (χ4n) is 1.66. The number of nitrogens with one attached hydrogen (secondary N) is 1. The molecule has 0 saturated heterocycles. The van der Waals surface area contributed by atoms with Crippen LogP contribution in [0.25, 0.3) is 0 Å². The summed E-state index contributed by atoms with van der Waals surface area (Å²) in [5.41, 5.74) is 1.14. The van der Waals surface area contributed by atoms with Gasteiger partial charge in [0.2, 0.25) is 0 Å². The first-order chi connectivity index (χ1) is 9.17. The highest BCUT2D eigenvalue weighted by Gasteiger charge is 2.17. The molecule has 0 aliphatic carbocycles. The minimum atomic E-state index is -0.532. The fourth-order valence-corrected chi connectivity index (χ4v) is 2.02. The third kappa shape index (κ3) is 6.39. The molecule has 0 aliphatic heterocycles. The van der Waals surface area contributed by atoms with Crippen LogP contribution in [0, 0.1) is 0 Å². The van der Waals surface area contributed by atoms with Crippen molar-refractivity contribution >= 4 is 27.7 Å². The number of amides is 1. The number of benzene rings is 1. The van der Waals surface area contributed by atoms with Gasteiger partial charge in [-0.15, -0.1) is 0 Å². The average molecular weight is 344 g/mol. The van der Waals surface area contributed by atoms with Crippen LogP contribution in [0.4, 0.5) is 10.5 Å². The molecule has 1 aromatic carbocycles. The van der Waals surface area contributed by atoms with Crippen molar-refractivity contribution in [2.75, 3.05) is 5.32 Å². The number of ether oxygens (including phenoxy) is 1. The first-order valence-corrected chi connectivity index (χ1v) is 7.43. The monoisotopic (exact) mass is 343 g/mol. The Bertz CT molecular complexity index is 467. The normalized spacial score (nSPS) is 12.9. The van der Waals surface area contributed by atoms with E-state index in [0.717, 1.165) is 10.0 Å². The predicted molar refractivity (Wildman–Crippen MR) is 84.0 cm³/mol. The fraction of sp³-hybridized carbons (Fsp3) is 0.533. The number of aliphatic hydroxyl groups excluding tert-OH is 1. The zero-order valence-electron chi connectivity index (χ0n) is 12.4. The molecule has 1 rings (SSSR count). The number of anilines is 1. The Morgan fingerprint density at radius 2 is 2.10 bits per heavy atom. The smallest absolute Gasteiger partial charge is 0.412 e. The van der Waals surface area contributed by atoms with Crippen LogP contribution in [0.15, 0.2) is 22.7 Å². The zero-order valence-corrected chi connectivity index (χ0v) is 14.0. The Balaban J connectivity index is 2.81. The lowest BCUT2D eigenvalue weighted by Crippen LogP contribution is -2.27. The highest BCUT2D eigenvalue weighted by molar-refractivity contribution is 9.10. The molecule has 0 fully saturated rings. The number of aryl methyl sites for hydroxylation is 1. The molecular formula is C15H22BrNO3. The Hall–Kier alpha value is -1.07. The number of hydrogen-bond donors (Lipinski definition) is 2. The van der Waals surface area contributed by atoms with Crippen LogP contribution in [-0.2, 0) is 11.2 Å². The lowest BCUT2D eigenvalue weighted by atomic mass is 10.1. The lowest BCUT2D eigenvalue weighted by Gasteiger charge is -2.20. The summed E-state index contributed by atoms with van der Waals surface area (Å²) in [6.07, 6.45) is 0.489. The minimum absolute atomic E-state index is 0.368. The summed E-state index contributed by atoms with van der Waals surface area (Å²) in [5, 5.41) is 12.1. The third-order valence-electron chi connectivity index (χ3n) is 2.54. The van der Waals surface area contributed by atoms with E-state index in [0.29, 0.717) is 18.5 Å². The van der Waals surface area contributed by atoms with E-state index < -0.39 is 11.7 Å². The molecule has 0 spiro atoms. The second-order valence-corrected chi connectivity index (χ2v) is 6.73. The molecule has 1 unspecified atom stereocenters. The molecule has 4 nitrogen and oxygen atoms in total. The quantitative estimate of drug-likeness (QED) is 0.864. The molecule has 2 N–H and O–H groups in total. The van der Waals surface area contributed by atoms with E-state index in [4.69, 9.17) is 4.74 Å². The van der Waals surface area contributed by atoms with Crippen LogP contribution < -0.4 is 5.32 Å². The van der Waals surface area contributed by atoms with Gasteiger partial charge in [0.25, 0.3) is 0 Å². The van der Waals surface area contributed by atoms with Gasteiger partial charge in [-0.25, -0.2) is 4.79 Å². The molecule has 0 bridgehead atoms. The largest absolute Gasteiger partial charge is 0.444 e. The second-order valence-electron chi connectivity index (χ2n) is 5.82.